The highest BCUT2D eigenvalue weighted by Crippen LogP contribution is 2.31. The summed E-state index contributed by atoms with van der Waals surface area (Å²) in [7, 11) is 0. The number of rotatable bonds is 2. The van der Waals surface area contributed by atoms with E-state index < -0.39 is 17.7 Å². The van der Waals surface area contributed by atoms with Crippen LogP contribution in [-0.4, -0.2) is 5.11 Å². The summed E-state index contributed by atoms with van der Waals surface area (Å²) in [4.78, 5) is 0. The molecule has 0 bridgehead atoms. The summed E-state index contributed by atoms with van der Waals surface area (Å²) in [6.07, 6.45) is -0.995. The quantitative estimate of drug-likeness (QED) is 0.734. The van der Waals surface area contributed by atoms with Gasteiger partial charge in [0.1, 0.15) is 6.10 Å². The summed E-state index contributed by atoms with van der Waals surface area (Å²) in [6.45, 7) is 2.00. The molecule has 0 saturated carbocycles. The highest BCUT2D eigenvalue weighted by atomic mass is 19.2. The number of aryl methyl sites for hydroxylation is 1. The van der Waals surface area contributed by atoms with Crippen LogP contribution in [0.25, 0.3) is 10.8 Å². The first-order chi connectivity index (χ1) is 10.1. The van der Waals surface area contributed by atoms with E-state index >= 15 is 0 Å². The summed E-state index contributed by atoms with van der Waals surface area (Å²) in [5.41, 5.74) is 2.12. The van der Waals surface area contributed by atoms with Crippen molar-refractivity contribution in [1.29, 1.82) is 0 Å². The molecule has 0 aliphatic heterocycles. The van der Waals surface area contributed by atoms with Crippen molar-refractivity contribution in [2.75, 3.05) is 0 Å². The molecule has 1 unspecified atom stereocenters. The first-order valence-corrected chi connectivity index (χ1v) is 6.69. The van der Waals surface area contributed by atoms with Crippen molar-refractivity contribution in [3.8, 4) is 0 Å². The van der Waals surface area contributed by atoms with Crippen LogP contribution in [0.5, 0.6) is 0 Å². The van der Waals surface area contributed by atoms with E-state index in [4.69, 9.17) is 0 Å². The molecule has 3 heteroatoms. The van der Waals surface area contributed by atoms with Gasteiger partial charge in [-0.2, -0.15) is 0 Å². The van der Waals surface area contributed by atoms with Gasteiger partial charge in [0.05, 0.1) is 0 Å². The largest absolute Gasteiger partial charge is 0.384 e. The van der Waals surface area contributed by atoms with Crippen LogP contribution < -0.4 is 0 Å². The SMILES string of the molecule is Cc1ccc(C(O)c2ccc(F)c(F)c2)c2ccccc12. The summed E-state index contributed by atoms with van der Waals surface area (Å²) >= 11 is 0. The van der Waals surface area contributed by atoms with Gasteiger partial charge in [0.15, 0.2) is 11.6 Å². The summed E-state index contributed by atoms with van der Waals surface area (Å²) in [5.74, 6) is -1.87. The second-order valence-corrected chi connectivity index (χ2v) is 5.09. The normalized spacial score (nSPS) is 12.6. The Morgan fingerprint density at radius 1 is 0.857 bits per heavy atom. The predicted molar refractivity (Wildman–Crippen MR) is 79.1 cm³/mol. The van der Waals surface area contributed by atoms with Gasteiger partial charge in [0, 0.05) is 0 Å². The minimum atomic E-state index is -0.995. The first kappa shape index (κ1) is 13.7. The zero-order valence-corrected chi connectivity index (χ0v) is 11.5. The molecule has 21 heavy (non-hydrogen) atoms. The smallest absolute Gasteiger partial charge is 0.159 e. The average molecular weight is 284 g/mol. The van der Waals surface area contributed by atoms with E-state index in [1.165, 1.54) is 6.07 Å². The Balaban J connectivity index is 2.15. The Morgan fingerprint density at radius 2 is 1.57 bits per heavy atom. The van der Waals surface area contributed by atoms with Crippen molar-refractivity contribution in [3.63, 3.8) is 0 Å². The van der Waals surface area contributed by atoms with Gasteiger partial charge >= 0.3 is 0 Å². The number of hydrogen-bond acceptors (Lipinski definition) is 1. The zero-order valence-electron chi connectivity index (χ0n) is 11.5. The van der Waals surface area contributed by atoms with Crippen LogP contribution in [0.15, 0.2) is 54.6 Å². The lowest BCUT2D eigenvalue weighted by molar-refractivity contribution is 0.221. The lowest BCUT2D eigenvalue weighted by Gasteiger charge is -2.15. The van der Waals surface area contributed by atoms with Crippen LogP contribution in [0.2, 0.25) is 0 Å². The fourth-order valence-corrected chi connectivity index (χ4v) is 2.57. The van der Waals surface area contributed by atoms with Crippen LogP contribution in [0.3, 0.4) is 0 Å². The van der Waals surface area contributed by atoms with Crippen LogP contribution in [0, 0.1) is 18.6 Å². The molecule has 3 aromatic carbocycles. The zero-order chi connectivity index (χ0) is 15.0. The summed E-state index contributed by atoms with van der Waals surface area (Å²) in [6, 6.07) is 14.9. The lowest BCUT2D eigenvalue weighted by atomic mass is 9.94. The van der Waals surface area contributed by atoms with Gasteiger partial charge in [-0.1, -0.05) is 42.5 Å². The van der Waals surface area contributed by atoms with Gasteiger partial charge in [0.25, 0.3) is 0 Å². The molecule has 0 radical (unpaired) electrons. The standard InChI is InChI=1S/C18H14F2O/c1-11-6-8-15(14-5-3-2-4-13(11)14)18(21)12-7-9-16(19)17(20)10-12/h2-10,18,21H,1H3. The molecule has 0 saturated heterocycles. The third-order valence-corrected chi connectivity index (χ3v) is 3.73. The Morgan fingerprint density at radius 3 is 2.29 bits per heavy atom. The Kier molecular flexibility index (Phi) is 3.43. The van der Waals surface area contributed by atoms with Crippen LogP contribution in [0.4, 0.5) is 8.78 Å². The van der Waals surface area contributed by atoms with Crippen molar-refractivity contribution >= 4 is 10.8 Å². The van der Waals surface area contributed by atoms with E-state index in [2.05, 4.69) is 0 Å². The molecule has 1 N–H and O–H groups in total. The third-order valence-electron chi connectivity index (χ3n) is 3.73. The summed E-state index contributed by atoms with van der Waals surface area (Å²) in [5, 5.41) is 12.5. The minimum Gasteiger partial charge on any atom is -0.384 e. The molecule has 0 aliphatic rings. The van der Waals surface area contributed by atoms with Gasteiger partial charge in [-0.15, -0.1) is 0 Å². The molecule has 0 spiro atoms. The first-order valence-electron chi connectivity index (χ1n) is 6.69. The molecule has 3 aromatic rings. The van der Waals surface area contributed by atoms with E-state index in [1.54, 1.807) is 0 Å². The van der Waals surface area contributed by atoms with Crippen molar-refractivity contribution in [2.24, 2.45) is 0 Å². The molecular weight excluding hydrogens is 270 g/mol. The number of aliphatic hydroxyl groups is 1. The van der Waals surface area contributed by atoms with Crippen molar-refractivity contribution < 1.29 is 13.9 Å². The fourth-order valence-electron chi connectivity index (χ4n) is 2.57. The second-order valence-electron chi connectivity index (χ2n) is 5.09. The number of hydrogen-bond donors (Lipinski definition) is 1. The third kappa shape index (κ3) is 2.41. The van der Waals surface area contributed by atoms with Crippen LogP contribution in [0.1, 0.15) is 22.8 Å². The maximum absolute atomic E-state index is 13.3. The monoisotopic (exact) mass is 284 g/mol. The molecule has 0 aromatic heterocycles. The highest BCUT2D eigenvalue weighted by Gasteiger charge is 2.16. The van der Waals surface area contributed by atoms with Gasteiger partial charge in [-0.05, 0) is 46.5 Å². The van der Waals surface area contributed by atoms with Crippen LogP contribution >= 0.6 is 0 Å². The van der Waals surface area contributed by atoms with Gasteiger partial charge in [-0.25, -0.2) is 8.78 Å². The van der Waals surface area contributed by atoms with Crippen molar-refractivity contribution in [1.82, 2.24) is 0 Å². The molecule has 0 fully saturated rings. The fraction of sp³-hybridized carbons (Fsp3) is 0.111. The number of fused-ring (bicyclic) bond motifs is 1. The molecule has 0 heterocycles. The van der Waals surface area contributed by atoms with Gasteiger partial charge < -0.3 is 5.11 Å². The highest BCUT2D eigenvalue weighted by molar-refractivity contribution is 5.89. The molecule has 0 aliphatic carbocycles. The van der Waals surface area contributed by atoms with E-state index in [-0.39, 0.29) is 0 Å². The van der Waals surface area contributed by atoms with Crippen molar-refractivity contribution in [2.45, 2.75) is 13.0 Å². The van der Waals surface area contributed by atoms with Gasteiger partial charge in [-0.3, -0.25) is 0 Å². The second kappa shape index (κ2) is 5.26. The Labute approximate surface area is 121 Å². The molecule has 3 rings (SSSR count). The number of halogens is 2. The minimum absolute atomic E-state index is 0.336. The Hall–Kier alpha value is -2.26. The van der Waals surface area contributed by atoms with Gasteiger partial charge in [0.2, 0.25) is 0 Å². The van der Waals surface area contributed by atoms with E-state index in [0.29, 0.717) is 11.1 Å². The predicted octanol–water partition coefficient (Wildman–Crippen LogP) is 4.51. The maximum atomic E-state index is 13.3. The molecular formula is C18H14F2O. The molecule has 1 nitrogen and oxygen atoms in total. The Bertz CT molecular complexity index is 811. The molecule has 106 valence electrons. The lowest BCUT2D eigenvalue weighted by Crippen LogP contribution is -2.02. The molecule has 0 amide bonds. The van der Waals surface area contributed by atoms with E-state index in [0.717, 1.165) is 28.5 Å². The van der Waals surface area contributed by atoms with Crippen molar-refractivity contribution in [3.05, 3.63) is 82.9 Å². The molecule has 1 atom stereocenters. The average Bonchev–Trinajstić information content (AvgIpc) is 2.50. The maximum Gasteiger partial charge on any atom is 0.159 e. The van der Waals surface area contributed by atoms with E-state index in [9.17, 15) is 13.9 Å². The van der Waals surface area contributed by atoms with E-state index in [1.807, 2.05) is 43.3 Å². The van der Waals surface area contributed by atoms with Crippen LogP contribution in [-0.2, 0) is 0 Å². The summed E-state index contributed by atoms with van der Waals surface area (Å²) < 4.78 is 26.4. The topological polar surface area (TPSA) is 20.2 Å². The number of aliphatic hydroxyl groups excluding tert-OH is 1. The number of benzene rings is 3.